The molecule has 0 saturated carbocycles. The molecule has 1 aromatic heterocycles. The molecule has 0 unspecified atom stereocenters. The number of hydrogen-bond donors (Lipinski definition) is 1. The van der Waals surface area contributed by atoms with Gasteiger partial charge in [-0.15, -0.1) is 0 Å². The minimum absolute atomic E-state index is 0.0659. The van der Waals surface area contributed by atoms with Crippen molar-refractivity contribution in [1.29, 1.82) is 0 Å². The number of fused-ring (bicyclic) bond motifs is 1. The Labute approximate surface area is 152 Å². The molecular formula is C20H23N5O. The van der Waals surface area contributed by atoms with Gasteiger partial charge in [0.05, 0.1) is 16.6 Å². The van der Waals surface area contributed by atoms with E-state index >= 15 is 0 Å². The van der Waals surface area contributed by atoms with Gasteiger partial charge in [0, 0.05) is 26.3 Å². The van der Waals surface area contributed by atoms with Crippen molar-refractivity contribution in [1.82, 2.24) is 9.55 Å². The molecule has 0 spiro atoms. The average molecular weight is 349 g/mol. The largest absolute Gasteiger partial charge is 0.378 e. The highest BCUT2D eigenvalue weighted by molar-refractivity contribution is 5.99. The van der Waals surface area contributed by atoms with Crippen LogP contribution < -0.4 is 15.9 Å². The van der Waals surface area contributed by atoms with Crippen molar-refractivity contribution in [2.75, 3.05) is 24.4 Å². The lowest BCUT2D eigenvalue weighted by Crippen LogP contribution is -2.23. The third-order valence-electron chi connectivity index (χ3n) is 4.30. The maximum atomic E-state index is 12.6. The highest BCUT2D eigenvalue weighted by Crippen LogP contribution is 2.14. The number of rotatable bonds is 5. The molecule has 0 bridgehead atoms. The molecule has 0 amide bonds. The summed E-state index contributed by atoms with van der Waals surface area (Å²) in [5, 5.41) is 5.04. The SMILES string of the molecule is CCn1c(N/N=C(/C)c2ccc(N(C)C)cc2)nc2ccccc2c1=O. The summed E-state index contributed by atoms with van der Waals surface area (Å²) in [6, 6.07) is 15.5. The van der Waals surface area contributed by atoms with Crippen molar-refractivity contribution < 1.29 is 0 Å². The first kappa shape index (κ1) is 17.7. The molecule has 0 atom stereocenters. The van der Waals surface area contributed by atoms with E-state index in [0.29, 0.717) is 23.4 Å². The molecule has 2 aromatic carbocycles. The van der Waals surface area contributed by atoms with Gasteiger partial charge in [0.2, 0.25) is 5.95 Å². The van der Waals surface area contributed by atoms with Crippen molar-refractivity contribution in [3.63, 3.8) is 0 Å². The fourth-order valence-electron chi connectivity index (χ4n) is 2.75. The van der Waals surface area contributed by atoms with Crippen LogP contribution in [0.4, 0.5) is 11.6 Å². The van der Waals surface area contributed by atoms with E-state index in [4.69, 9.17) is 0 Å². The van der Waals surface area contributed by atoms with Gasteiger partial charge in [0.25, 0.3) is 5.56 Å². The van der Waals surface area contributed by atoms with Gasteiger partial charge in [0.15, 0.2) is 0 Å². The molecule has 0 fully saturated rings. The molecule has 6 nitrogen and oxygen atoms in total. The Balaban J connectivity index is 1.93. The fourth-order valence-corrected chi connectivity index (χ4v) is 2.75. The highest BCUT2D eigenvalue weighted by atomic mass is 16.1. The number of anilines is 2. The maximum Gasteiger partial charge on any atom is 0.262 e. The first-order valence-electron chi connectivity index (χ1n) is 8.59. The molecule has 0 saturated heterocycles. The summed E-state index contributed by atoms with van der Waals surface area (Å²) in [5.41, 5.74) is 6.51. The zero-order valence-electron chi connectivity index (χ0n) is 15.5. The molecule has 0 aliphatic heterocycles. The molecule has 6 heteroatoms. The van der Waals surface area contributed by atoms with E-state index < -0.39 is 0 Å². The molecule has 26 heavy (non-hydrogen) atoms. The van der Waals surface area contributed by atoms with E-state index in [2.05, 4.69) is 15.5 Å². The summed E-state index contributed by atoms with van der Waals surface area (Å²) in [6.45, 7) is 4.36. The van der Waals surface area contributed by atoms with Crippen LogP contribution in [0, 0.1) is 0 Å². The summed E-state index contributed by atoms with van der Waals surface area (Å²) in [7, 11) is 4.01. The fraction of sp³-hybridized carbons (Fsp3) is 0.250. The molecule has 1 heterocycles. The number of aromatic nitrogens is 2. The minimum Gasteiger partial charge on any atom is -0.378 e. The smallest absolute Gasteiger partial charge is 0.262 e. The maximum absolute atomic E-state index is 12.6. The van der Waals surface area contributed by atoms with Crippen LogP contribution in [0.1, 0.15) is 19.4 Å². The monoisotopic (exact) mass is 349 g/mol. The highest BCUT2D eigenvalue weighted by Gasteiger charge is 2.09. The normalized spacial score (nSPS) is 11.6. The van der Waals surface area contributed by atoms with Gasteiger partial charge in [-0.2, -0.15) is 5.10 Å². The summed E-state index contributed by atoms with van der Waals surface area (Å²) in [6.07, 6.45) is 0. The second-order valence-electron chi connectivity index (χ2n) is 6.25. The van der Waals surface area contributed by atoms with Crippen molar-refractivity contribution in [2.24, 2.45) is 5.10 Å². The van der Waals surface area contributed by atoms with Crippen LogP contribution in [0.2, 0.25) is 0 Å². The zero-order valence-corrected chi connectivity index (χ0v) is 15.5. The second kappa shape index (κ2) is 7.39. The van der Waals surface area contributed by atoms with Crippen LogP contribution in [-0.2, 0) is 6.54 Å². The van der Waals surface area contributed by atoms with E-state index in [-0.39, 0.29) is 5.56 Å². The quantitative estimate of drug-likeness (QED) is 0.567. The Bertz CT molecular complexity index is 1000. The Morgan fingerprint density at radius 2 is 1.85 bits per heavy atom. The topological polar surface area (TPSA) is 62.5 Å². The van der Waals surface area contributed by atoms with Gasteiger partial charge in [-0.3, -0.25) is 9.36 Å². The van der Waals surface area contributed by atoms with Crippen LogP contribution in [0.25, 0.3) is 10.9 Å². The number of benzene rings is 2. The Morgan fingerprint density at radius 3 is 2.50 bits per heavy atom. The summed E-state index contributed by atoms with van der Waals surface area (Å²) in [5.74, 6) is 0.445. The van der Waals surface area contributed by atoms with Gasteiger partial charge in [-0.05, 0) is 43.7 Å². The molecule has 134 valence electrons. The molecule has 0 aliphatic rings. The third-order valence-corrected chi connectivity index (χ3v) is 4.30. The van der Waals surface area contributed by atoms with E-state index in [0.717, 1.165) is 17.0 Å². The molecule has 1 N–H and O–H groups in total. The van der Waals surface area contributed by atoms with E-state index in [1.807, 2.05) is 75.3 Å². The first-order chi connectivity index (χ1) is 12.5. The van der Waals surface area contributed by atoms with Crippen molar-refractivity contribution in [2.45, 2.75) is 20.4 Å². The first-order valence-corrected chi connectivity index (χ1v) is 8.59. The predicted molar refractivity (Wildman–Crippen MR) is 108 cm³/mol. The number of nitrogens with zero attached hydrogens (tertiary/aromatic N) is 4. The van der Waals surface area contributed by atoms with E-state index in [1.165, 1.54) is 0 Å². The predicted octanol–water partition coefficient (Wildman–Crippen LogP) is 3.32. The summed E-state index contributed by atoms with van der Waals surface area (Å²) < 4.78 is 1.59. The third kappa shape index (κ3) is 3.44. The summed E-state index contributed by atoms with van der Waals surface area (Å²) in [4.78, 5) is 19.2. The number of hydrogen-bond acceptors (Lipinski definition) is 5. The second-order valence-corrected chi connectivity index (χ2v) is 6.25. The van der Waals surface area contributed by atoms with Gasteiger partial charge in [-0.1, -0.05) is 24.3 Å². The summed E-state index contributed by atoms with van der Waals surface area (Å²) >= 11 is 0. The Morgan fingerprint density at radius 1 is 1.15 bits per heavy atom. The number of hydrazone groups is 1. The zero-order chi connectivity index (χ0) is 18.7. The van der Waals surface area contributed by atoms with Gasteiger partial charge < -0.3 is 4.90 Å². The van der Waals surface area contributed by atoms with Gasteiger partial charge in [0.1, 0.15) is 0 Å². The molecular weight excluding hydrogens is 326 g/mol. The van der Waals surface area contributed by atoms with Crippen LogP contribution in [0.5, 0.6) is 0 Å². The number of para-hydroxylation sites is 1. The molecule has 3 rings (SSSR count). The van der Waals surface area contributed by atoms with E-state index in [9.17, 15) is 4.79 Å². The van der Waals surface area contributed by atoms with Crippen molar-refractivity contribution in [3.05, 3.63) is 64.4 Å². The average Bonchev–Trinajstić information content (AvgIpc) is 2.66. The molecule has 0 aliphatic carbocycles. The molecule has 3 aromatic rings. The Hall–Kier alpha value is -3.15. The van der Waals surface area contributed by atoms with Gasteiger partial charge >= 0.3 is 0 Å². The van der Waals surface area contributed by atoms with Crippen molar-refractivity contribution >= 4 is 28.3 Å². The lowest BCUT2D eigenvalue weighted by molar-refractivity contribution is 0.724. The minimum atomic E-state index is -0.0659. The lowest BCUT2D eigenvalue weighted by atomic mass is 10.1. The van der Waals surface area contributed by atoms with Crippen LogP contribution in [0.3, 0.4) is 0 Å². The van der Waals surface area contributed by atoms with Crippen LogP contribution >= 0.6 is 0 Å². The van der Waals surface area contributed by atoms with Crippen molar-refractivity contribution in [3.8, 4) is 0 Å². The van der Waals surface area contributed by atoms with Gasteiger partial charge in [-0.25, -0.2) is 10.4 Å². The van der Waals surface area contributed by atoms with Crippen LogP contribution in [0.15, 0.2) is 58.4 Å². The van der Waals surface area contributed by atoms with Crippen LogP contribution in [-0.4, -0.2) is 29.4 Å². The van der Waals surface area contributed by atoms with E-state index in [1.54, 1.807) is 10.6 Å². The standard InChI is InChI=1S/C20H23N5O/c1-5-25-19(26)17-8-6-7-9-18(17)21-20(25)23-22-14(2)15-10-12-16(13-11-15)24(3)4/h6-13H,5H2,1-4H3,(H,21,23)/b22-14-. The number of nitrogens with one attached hydrogen (secondary N) is 1. The lowest BCUT2D eigenvalue weighted by Gasteiger charge is -2.13. The Kier molecular flexibility index (Phi) is 5.02. The molecule has 0 radical (unpaired) electrons.